The Balaban J connectivity index is 1.63. The smallest absolute Gasteiger partial charge is 0.255 e. The minimum Gasteiger partial charge on any atom is -0.495 e. The van der Waals surface area contributed by atoms with E-state index in [1.165, 1.54) is 0 Å². The van der Waals surface area contributed by atoms with Crippen LogP contribution in [0.4, 0.5) is 11.4 Å². The highest BCUT2D eigenvalue weighted by Gasteiger charge is 2.11. The molecule has 0 aliphatic rings. The quantitative estimate of drug-likeness (QED) is 0.670. The molecule has 5 heteroatoms. The molecule has 0 saturated carbocycles. The molecule has 0 bridgehead atoms. The number of carbonyl (C=O) groups excluding carboxylic acids is 2. The first-order valence-electron chi connectivity index (χ1n) is 8.95. The summed E-state index contributed by atoms with van der Waals surface area (Å²) in [5.74, 6) is 0.253. The van der Waals surface area contributed by atoms with Crippen LogP contribution in [-0.2, 0) is 11.2 Å². The Hall–Kier alpha value is -3.60. The summed E-state index contributed by atoms with van der Waals surface area (Å²) in [5.41, 5.74) is 3.72. The zero-order valence-electron chi connectivity index (χ0n) is 15.9. The van der Waals surface area contributed by atoms with E-state index in [0.717, 1.165) is 11.1 Å². The molecule has 2 amide bonds. The first-order valence-corrected chi connectivity index (χ1v) is 8.95. The van der Waals surface area contributed by atoms with Gasteiger partial charge in [-0.1, -0.05) is 36.4 Å². The summed E-state index contributed by atoms with van der Waals surface area (Å²) in [6, 6.07) is 21.9. The molecular formula is C23H22N2O3. The molecule has 2 N–H and O–H groups in total. The van der Waals surface area contributed by atoms with Crippen LogP contribution in [0.3, 0.4) is 0 Å². The molecule has 0 radical (unpaired) electrons. The van der Waals surface area contributed by atoms with Gasteiger partial charge in [0.15, 0.2) is 0 Å². The molecule has 0 atom stereocenters. The van der Waals surface area contributed by atoms with Crippen molar-refractivity contribution in [1.29, 1.82) is 0 Å². The van der Waals surface area contributed by atoms with Crippen LogP contribution in [0.15, 0.2) is 72.8 Å². The van der Waals surface area contributed by atoms with Gasteiger partial charge in [-0.2, -0.15) is 0 Å². The average Bonchev–Trinajstić information content (AvgIpc) is 2.69. The third-order valence-electron chi connectivity index (χ3n) is 4.24. The van der Waals surface area contributed by atoms with Crippen LogP contribution in [0.25, 0.3) is 0 Å². The fraction of sp³-hybridized carbons (Fsp3) is 0.130. The van der Waals surface area contributed by atoms with E-state index in [-0.39, 0.29) is 11.8 Å². The molecule has 0 spiro atoms. The molecule has 142 valence electrons. The van der Waals surface area contributed by atoms with Gasteiger partial charge in [0.2, 0.25) is 5.91 Å². The lowest BCUT2D eigenvalue weighted by atomic mass is 10.1. The Kier molecular flexibility index (Phi) is 6.07. The van der Waals surface area contributed by atoms with Crippen molar-refractivity contribution in [2.45, 2.75) is 13.3 Å². The number of nitrogens with one attached hydrogen (secondary N) is 2. The highest BCUT2D eigenvalue weighted by Crippen LogP contribution is 2.26. The second-order valence-electron chi connectivity index (χ2n) is 6.45. The highest BCUT2D eigenvalue weighted by atomic mass is 16.5. The minimum absolute atomic E-state index is 0.104. The number of hydrogen-bond acceptors (Lipinski definition) is 3. The summed E-state index contributed by atoms with van der Waals surface area (Å²) >= 11 is 0. The molecule has 0 saturated heterocycles. The lowest BCUT2D eigenvalue weighted by molar-refractivity contribution is -0.115. The van der Waals surface area contributed by atoms with Crippen molar-refractivity contribution in [2.24, 2.45) is 0 Å². The van der Waals surface area contributed by atoms with Crippen LogP contribution in [0.5, 0.6) is 5.75 Å². The number of carbonyl (C=O) groups is 2. The molecule has 0 aromatic heterocycles. The van der Waals surface area contributed by atoms with E-state index in [1.807, 2.05) is 55.5 Å². The van der Waals surface area contributed by atoms with E-state index >= 15 is 0 Å². The van der Waals surface area contributed by atoms with Crippen LogP contribution >= 0.6 is 0 Å². The number of aryl methyl sites for hydroxylation is 1. The molecule has 3 aromatic rings. The molecule has 0 aliphatic carbocycles. The third kappa shape index (κ3) is 4.98. The summed E-state index contributed by atoms with van der Waals surface area (Å²) in [4.78, 5) is 24.7. The molecule has 0 heterocycles. The molecule has 5 nitrogen and oxygen atoms in total. The van der Waals surface area contributed by atoms with Crippen LogP contribution in [0, 0.1) is 6.92 Å². The molecule has 3 rings (SSSR count). The van der Waals surface area contributed by atoms with Crippen LogP contribution < -0.4 is 15.4 Å². The van der Waals surface area contributed by atoms with Gasteiger partial charge < -0.3 is 15.4 Å². The molecule has 28 heavy (non-hydrogen) atoms. The van der Waals surface area contributed by atoms with Crippen molar-refractivity contribution in [3.63, 3.8) is 0 Å². The van der Waals surface area contributed by atoms with Crippen molar-refractivity contribution in [3.05, 3.63) is 89.5 Å². The van der Waals surface area contributed by atoms with E-state index < -0.39 is 0 Å². The van der Waals surface area contributed by atoms with Crippen molar-refractivity contribution in [3.8, 4) is 5.75 Å². The number of anilines is 2. The molecule has 0 unspecified atom stereocenters. The molecule has 0 fully saturated rings. The average molecular weight is 374 g/mol. The third-order valence-corrected chi connectivity index (χ3v) is 4.24. The van der Waals surface area contributed by atoms with E-state index in [2.05, 4.69) is 10.6 Å². The van der Waals surface area contributed by atoms with Gasteiger partial charge in [-0.3, -0.25) is 9.59 Å². The molecule has 3 aromatic carbocycles. The van der Waals surface area contributed by atoms with Gasteiger partial charge in [0.05, 0.1) is 19.2 Å². The summed E-state index contributed by atoms with van der Waals surface area (Å²) in [6.45, 7) is 1.95. The maximum Gasteiger partial charge on any atom is 0.255 e. The fourth-order valence-corrected chi connectivity index (χ4v) is 2.81. The van der Waals surface area contributed by atoms with E-state index in [9.17, 15) is 9.59 Å². The second-order valence-corrected chi connectivity index (χ2v) is 6.45. The first-order chi connectivity index (χ1) is 13.5. The predicted octanol–water partition coefficient (Wildman–Crippen LogP) is 4.44. The van der Waals surface area contributed by atoms with E-state index in [0.29, 0.717) is 29.1 Å². The predicted molar refractivity (Wildman–Crippen MR) is 111 cm³/mol. The van der Waals surface area contributed by atoms with Crippen molar-refractivity contribution in [2.75, 3.05) is 17.7 Å². The first kappa shape index (κ1) is 19.2. The number of hydrogen-bond donors (Lipinski definition) is 2. The van der Waals surface area contributed by atoms with Gasteiger partial charge in [-0.05, 0) is 54.4 Å². The zero-order chi connectivity index (χ0) is 19.9. The van der Waals surface area contributed by atoms with Crippen molar-refractivity contribution in [1.82, 2.24) is 0 Å². The lowest BCUT2D eigenvalue weighted by Crippen LogP contribution is -2.15. The van der Waals surface area contributed by atoms with Gasteiger partial charge in [-0.15, -0.1) is 0 Å². The zero-order valence-corrected chi connectivity index (χ0v) is 15.9. The second kappa shape index (κ2) is 8.86. The van der Waals surface area contributed by atoms with Crippen molar-refractivity contribution >= 4 is 23.2 Å². The Morgan fingerprint density at radius 1 is 0.893 bits per heavy atom. The molecule has 0 aliphatic heterocycles. The maximum absolute atomic E-state index is 12.5. The van der Waals surface area contributed by atoms with Crippen LogP contribution in [-0.4, -0.2) is 18.9 Å². The Bertz CT molecular complexity index is 967. The van der Waals surface area contributed by atoms with Crippen LogP contribution in [0.2, 0.25) is 0 Å². The normalized spacial score (nSPS) is 10.2. The summed E-state index contributed by atoms with van der Waals surface area (Å²) < 4.78 is 5.29. The van der Waals surface area contributed by atoms with Gasteiger partial charge in [0.1, 0.15) is 5.75 Å². The van der Waals surface area contributed by atoms with Gasteiger partial charge in [0, 0.05) is 11.3 Å². The number of benzene rings is 3. The minimum atomic E-state index is -0.244. The Labute approximate surface area is 164 Å². The van der Waals surface area contributed by atoms with Crippen molar-refractivity contribution < 1.29 is 14.3 Å². The van der Waals surface area contributed by atoms with Crippen LogP contribution in [0.1, 0.15) is 21.5 Å². The summed E-state index contributed by atoms with van der Waals surface area (Å²) in [5, 5.41) is 5.70. The summed E-state index contributed by atoms with van der Waals surface area (Å²) in [6.07, 6.45) is 0.302. The Morgan fingerprint density at radius 2 is 1.61 bits per heavy atom. The number of ether oxygens (including phenoxy) is 1. The highest BCUT2D eigenvalue weighted by molar-refractivity contribution is 6.05. The Morgan fingerprint density at radius 3 is 2.29 bits per heavy atom. The van der Waals surface area contributed by atoms with E-state index in [4.69, 9.17) is 4.74 Å². The fourth-order valence-electron chi connectivity index (χ4n) is 2.81. The van der Waals surface area contributed by atoms with Gasteiger partial charge in [-0.25, -0.2) is 0 Å². The number of rotatable bonds is 6. The lowest BCUT2D eigenvalue weighted by Gasteiger charge is -2.11. The maximum atomic E-state index is 12.5. The number of methoxy groups -OCH3 is 1. The van der Waals surface area contributed by atoms with E-state index in [1.54, 1.807) is 31.4 Å². The summed E-state index contributed by atoms with van der Waals surface area (Å²) in [7, 11) is 1.56. The standard InChI is InChI=1S/C23H22N2O3/c1-16-8-13-21(28-2)20(14-16)25-23(27)18-9-11-19(12-10-18)24-22(26)15-17-6-4-3-5-7-17/h3-14H,15H2,1-2H3,(H,24,26)(H,25,27). The van der Waals surface area contributed by atoms with Gasteiger partial charge in [0.25, 0.3) is 5.91 Å². The largest absolute Gasteiger partial charge is 0.495 e. The number of amides is 2. The topological polar surface area (TPSA) is 67.4 Å². The molecular weight excluding hydrogens is 352 g/mol. The van der Waals surface area contributed by atoms with Gasteiger partial charge >= 0.3 is 0 Å². The SMILES string of the molecule is COc1ccc(C)cc1NC(=O)c1ccc(NC(=O)Cc2ccccc2)cc1. The monoisotopic (exact) mass is 374 g/mol.